The quantitative estimate of drug-likeness (QED) is 0.466. The summed E-state index contributed by atoms with van der Waals surface area (Å²) in [7, 11) is 0. The lowest BCUT2D eigenvalue weighted by Gasteiger charge is -2.34. The van der Waals surface area contributed by atoms with Crippen LogP contribution >= 0.6 is 50.1 Å². The van der Waals surface area contributed by atoms with Crippen LogP contribution in [0.2, 0.25) is 5.02 Å². The van der Waals surface area contributed by atoms with Crippen molar-refractivity contribution in [3.05, 3.63) is 96.2 Å². The van der Waals surface area contributed by atoms with Gasteiger partial charge in [-0.1, -0.05) is 45.7 Å². The SMILES string of the molecule is O=C1c2cc(Br)ccc2C(O)(c2ccc(I)cc2)N1Cc1ccc(Cl)cn1. The molecule has 1 aliphatic rings. The maximum atomic E-state index is 13.2. The number of benzene rings is 2. The summed E-state index contributed by atoms with van der Waals surface area (Å²) in [6.07, 6.45) is 1.53. The number of nitrogens with zero attached hydrogens (tertiary/aromatic N) is 2. The van der Waals surface area contributed by atoms with E-state index < -0.39 is 5.72 Å². The standard InChI is InChI=1S/C20H13BrClIN2O2/c21-13-3-8-18-17(9-13)19(26)25(11-16-7-4-14(22)10-24-16)20(18,27)12-1-5-15(23)6-2-12/h1-10,27H,11H2. The van der Waals surface area contributed by atoms with E-state index in [4.69, 9.17) is 11.6 Å². The Kier molecular flexibility index (Phi) is 5.00. The molecule has 1 atom stereocenters. The topological polar surface area (TPSA) is 53.4 Å². The largest absolute Gasteiger partial charge is 0.363 e. The molecule has 4 rings (SSSR count). The molecule has 0 saturated heterocycles. The van der Waals surface area contributed by atoms with E-state index in [1.54, 1.807) is 24.3 Å². The van der Waals surface area contributed by atoms with Gasteiger partial charge in [-0.25, -0.2) is 0 Å². The summed E-state index contributed by atoms with van der Waals surface area (Å²) >= 11 is 11.5. The van der Waals surface area contributed by atoms with Gasteiger partial charge in [0.25, 0.3) is 5.91 Å². The van der Waals surface area contributed by atoms with E-state index in [1.807, 2.05) is 30.3 Å². The number of hydrogen-bond acceptors (Lipinski definition) is 3. The number of halogens is 3. The summed E-state index contributed by atoms with van der Waals surface area (Å²) in [5.74, 6) is -0.246. The summed E-state index contributed by atoms with van der Waals surface area (Å²) < 4.78 is 1.83. The maximum absolute atomic E-state index is 13.2. The van der Waals surface area contributed by atoms with E-state index in [9.17, 15) is 9.90 Å². The second-order valence-corrected chi connectivity index (χ2v) is 8.83. The zero-order valence-electron chi connectivity index (χ0n) is 13.9. The molecule has 1 aromatic heterocycles. The van der Waals surface area contributed by atoms with Crippen molar-refractivity contribution in [1.82, 2.24) is 9.88 Å². The smallest absolute Gasteiger partial charge is 0.257 e. The Labute approximate surface area is 183 Å². The molecular weight excluding hydrogens is 542 g/mol. The summed E-state index contributed by atoms with van der Waals surface area (Å²) in [5, 5.41) is 12.3. The van der Waals surface area contributed by atoms with Gasteiger partial charge in [-0.05, 0) is 59.0 Å². The Bertz CT molecular complexity index is 1030. The molecule has 0 fully saturated rings. The van der Waals surface area contributed by atoms with E-state index >= 15 is 0 Å². The van der Waals surface area contributed by atoms with Crippen molar-refractivity contribution < 1.29 is 9.90 Å². The van der Waals surface area contributed by atoms with Crippen LogP contribution in [0.5, 0.6) is 0 Å². The first-order valence-electron chi connectivity index (χ1n) is 8.10. The van der Waals surface area contributed by atoms with Gasteiger partial charge in [0.1, 0.15) is 0 Å². The molecule has 2 aromatic carbocycles. The molecular formula is C20H13BrClIN2O2. The molecule has 136 valence electrons. The predicted molar refractivity (Wildman–Crippen MR) is 115 cm³/mol. The third-order valence-corrected chi connectivity index (χ3v) is 6.01. The minimum absolute atomic E-state index is 0.158. The van der Waals surface area contributed by atoms with Crippen LogP contribution in [0.4, 0.5) is 0 Å². The number of rotatable bonds is 3. The third kappa shape index (κ3) is 3.29. The van der Waals surface area contributed by atoms with Crippen LogP contribution in [0.15, 0.2) is 65.3 Å². The van der Waals surface area contributed by atoms with Crippen LogP contribution in [0.3, 0.4) is 0 Å². The van der Waals surface area contributed by atoms with Gasteiger partial charge in [-0.2, -0.15) is 0 Å². The van der Waals surface area contributed by atoms with Gasteiger partial charge in [-0.15, -0.1) is 0 Å². The molecule has 4 nitrogen and oxygen atoms in total. The number of pyridine rings is 1. The van der Waals surface area contributed by atoms with Crippen LogP contribution in [0.1, 0.15) is 27.2 Å². The lowest BCUT2D eigenvalue weighted by molar-refractivity contribution is -0.0547. The Morgan fingerprint density at radius 2 is 1.89 bits per heavy atom. The highest BCUT2D eigenvalue weighted by molar-refractivity contribution is 14.1. The van der Waals surface area contributed by atoms with Gasteiger partial charge in [0.2, 0.25) is 0 Å². The van der Waals surface area contributed by atoms with Crippen molar-refractivity contribution >= 4 is 56.0 Å². The van der Waals surface area contributed by atoms with Gasteiger partial charge in [0.05, 0.1) is 17.3 Å². The van der Waals surface area contributed by atoms with E-state index in [2.05, 4.69) is 43.5 Å². The van der Waals surface area contributed by atoms with Crippen molar-refractivity contribution in [1.29, 1.82) is 0 Å². The Balaban J connectivity index is 1.86. The van der Waals surface area contributed by atoms with Crippen molar-refractivity contribution in [2.75, 3.05) is 0 Å². The molecule has 1 amide bonds. The highest BCUT2D eigenvalue weighted by Gasteiger charge is 2.49. The fraction of sp³-hybridized carbons (Fsp3) is 0.100. The Hall–Kier alpha value is -1.48. The lowest BCUT2D eigenvalue weighted by atomic mass is 9.94. The number of carbonyl (C=O) groups is 1. The molecule has 0 saturated carbocycles. The first-order chi connectivity index (χ1) is 12.9. The average molecular weight is 556 g/mol. The molecule has 0 bridgehead atoms. The maximum Gasteiger partial charge on any atom is 0.257 e. The molecule has 0 aliphatic carbocycles. The van der Waals surface area contributed by atoms with Gasteiger partial charge in [0.15, 0.2) is 5.72 Å². The molecule has 0 spiro atoms. The Morgan fingerprint density at radius 3 is 2.56 bits per heavy atom. The van der Waals surface area contributed by atoms with Crippen molar-refractivity contribution in [2.45, 2.75) is 12.3 Å². The summed E-state index contributed by atoms with van der Waals surface area (Å²) in [6, 6.07) is 16.3. The molecule has 27 heavy (non-hydrogen) atoms. The van der Waals surface area contributed by atoms with Gasteiger partial charge >= 0.3 is 0 Å². The normalized spacial score (nSPS) is 18.7. The van der Waals surface area contributed by atoms with Crippen molar-refractivity contribution in [3.8, 4) is 0 Å². The second-order valence-electron chi connectivity index (χ2n) is 6.23. The summed E-state index contributed by atoms with van der Waals surface area (Å²) in [6.45, 7) is 0.158. The van der Waals surface area contributed by atoms with Crippen LogP contribution < -0.4 is 0 Å². The lowest BCUT2D eigenvalue weighted by Crippen LogP contribution is -2.44. The molecule has 0 radical (unpaired) electrons. The van der Waals surface area contributed by atoms with E-state index in [-0.39, 0.29) is 12.5 Å². The van der Waals surface area contributed by atoms with Crippen molar-refractivity contribution in [2.24, 2.45) is 0 Å². The van der Waals surface area contributed by atoms with Gasteiger partial charge in [-0.3, -0.25) is 14.7 Å². The molecule has 2 heterocycles. The van der Waals surface area contributed by atoms with E-state index in [1.165, 1.54) is 11.1 Å². The predicted octanol–water partition coefficient (Wildman–Crippen LogP) is 4.95. The number of amides is 1. The second kappa shape index (κ2) is 7.16. The molecule has 1 unspecified atom stereocenters. The van der Waals surface area contributed by atoms with E-state index in [0.717, 1.165) is 8.04 Å². The molecule has 3 aromatic rings. The first-order valence-corrected chi connectivity index (χ1v) is 10.4. The Morgan fingerprint density at radius 1 is 1.15 bits per heavy atom. The monoisotopic (exact) mass is 554 g/mol. The first kappa shape index (κ1) is 18.9. The number of aliphatic hydroxyl groups is 1. The van der Waals surface area contributed by atoms with E-state index in [0.29, 0.717) is 27.4 Å². The third-order valence-electron chi connectivity index (χ3n) is 4.58. The zero-order valence-corrected chi connectivity index (χ0v) is 18.4. The van der Waals surface area contributed by atoms with Gasteiger partial charge < -0.3 is 5.11 Å². The fourth-order valence-electron chi connectivity index (χ4n) is 3.28. The van der Waals surface area contributed by atoms with Crippen LogP contribution in [0.25, 0.3) is 0 Å². The zero-order chi connectivity index (χ0) is 19.2. The van der Waals surface area contributed by atoms with Crippen LogP contribution in [0, 0.1) is 3.57 Å². The van der Waals surface area contributed by atoms with Crippen LogP contribution in [-0.4, -0.2) is 20.9 Å². The summed E-state index contributed by atoms with van der Waals surface area (Å²) in [5.41, 5.74) is 0.735. The summed E-state index contributed by atoms with van der Waals surface area (Å²) in [4.78, 5) is 18.9. The highest BCUT2D eigenvalue weighted by atomic mass is 127. The average Bonchev–Trinajstić information content (AvgIpc) is 2.86. The number of fused-ring (bicyclic) bond motifs is 1. The molecule has 1 aliphatic heterocycles. The minimum Gasteiger partial charge on any atom is -0.363 e. The number of aromatic nitrogens is 1. The van der Waals surface area contributed by atoms with Gasteiger partial charge in [0, 0.05) is 30.9 Å². The number of hydrogen-bond donors (Lipinski definition) is 1. The van der Waals surface area contributed by atoms with Crippen molar-refractivity contribution in [3.63, 3.8) is 0 Å². The fourth-order valence-corrected chi connectivity index (χ4v) is 4.11. The molecule has 7 heteroatoms. The van der Waals surface area contributed by atoms with Crippen LogP contribution in [-0.2, 0) is 12.3 Å². The number of carbonyl (C=O) groups excluding carboxylic acids is 1. The molecule has 1 N–H and O–H groups in total. The minimum atomic E-state index is -1.57. The highest BCUT2D eigenvalue weighted by Crippen LogP contribution is 2.43.